The Bertz CT molecular complexity index is 975. The molecule has 3 aromatic rings. The quantitative estimate of drug-likeness (QED) is 0.480. The number of benzene rings is 2. The molecule has 3 rings (SSSR count). The zero-order chi connectivity index (χ0) is 19.2. The first-order chi connectivity index (χ1) is 13.0. The summed E-state index contributed by atoms with van der Waals surface area (Å²) in [6.45, 7) is 1.00. The molecule has 0 spiro atoms. The smallest absolute Gasteiger partial charge is 0.233 e. The van der Waals surface area contributed by atoms with E-state index in [1.807, 2.05) is 24.3 Å². The molecule has 2 N–H and O–H groups in total. The Morgan fingerprint density at radius 3 is 2.78 bits per heavy atom. The third-order valence-electron chi connectivity index (χ3n) is 3.81. The number of rotatable bonds is 7. The number of nitrogens with one attached hydrogen (secondary N) is 2. The van der Waals surface area contributed by atoms with Crippen LogP contribution in [0, 0.1) is 5.82 Å². The molecule has 0 aliphatic heterocycles. The number of nitrogens with zero attached hydrogens (tertiary/aromatic N) is 3. The number of para-hydroxylation sites is 1. The van der Waals surface area contributed by atoms with Crippen molar-refractivity contribution in [1.82, 2.24) is 20.3 Å². The molecule has 0 saturated carbocycles. The van der Waals surface area contributed by atoms with Crippen molar-refractivity contribution in [3.63, 3.8) is 0 Å². The standard InChI is InChI=1S/C18H17ClFN5O2/c19-13-10-12(6-7-14(13)20)22-18(27)11-17(26)21-8-3-9-25-16-5-2-1-4-15(16)23-24-25/h1-2,4-7,10H,3,8-9,11H2,(H,21,26)(H,22,27). The van der Waals surface area contributed by atoms with Gasteiger partial charge < -0.3 is 10.6 Å². The summed E-state index contributed by atoms with van der Waals surface area (Å²) in [7, 11) is 0. The van der Waals surface area contributed by atoms with E-state index in [1.54, 1.807) is 4.68 Å². The molecule has 27 heavy (non-hydrogen) atoms. The van der Waals surface area contributed by atoms with E-state index in [9.17, 15) is 14.0 Å². The molecule has 2 amide bonds. The summed E-state index contributed by atoms with van der Waals surface area (Å²) < 4.78 is 14.9. The summed E-state index contributed by atoms with van der Waals surface area (Å²) >= 11 is 5.65. The molecule has 0 atom stereocenters. The molecule has 9 heteroatoms. The highest BCUT2D eigenvalue weighted by molar-refractivity contribution is 6.31. The van der Waals surface area contributed by atoms with Gasteiger partial charge in [0, 0.05) is 18.8 Å². The van der Waals surface area contributed by atoms with Gasteiger partial charge in [-0.25, -0.2) is 9.07 Å². The summed E-state index contributed by atoms with van der Waals surface area (Å²) in [5.41, 5.74) is 2.08. The molecular formula is C18H17ClFN5O2. The van der Waals surface area contributed by atoms with Crippen molar-refractivity contribution in [2.24, 2.45) is 0 Å². The molecule has 0 aliphatic carbocycles. The third kappa shape index (κ3) is 5.01. The SMILES string of the molecule is O=C(CC(=O)Nc1ccc(F)c(Cl)c1)NCCCn1nnc2ccccc21. The van der Waals surface area contributed by atoms with Gasteiger partial charge in [-0.15, -0.1) is 5.10 Å². The van der Waals surface area contributed by atoms with E-state index in [0.717, 1.165) is 17.1 Å². The van der Waals surface area contributed by atoms with E-state index in [1.165, 1.54) is 12.1 Å². The van der Waals surface area contributed by atoms with Gasteiger partial charge in [-0.1, -0.05) is 28.9 Å². The van der Waals surface area contributed by atoms with Crippen molar-refractivity contribution >= 4 is 40.1 Å². The predicted octanol–water partition coefficient (Wildman–Crippen LogP) is 2.76. The number of carbonyl (C=O) groups excluding carboxylic acids is 2. The number of fused-ring (bicyclic) bond motifs is 1. The average molecular weight is 390 g/mol. The molecule has 0 saturated heterocycles. The van der Waals surface area contributed by atoms with Crippen LogP contribution in [0.15, 0.2) is 42.5 Å². The minimum atomic E-state index is -0.576. The number of anilines is 1. The molecule has 7 nitrogen and oxygen atoms in total. The maximum atomic E-state index is 13.1. The lowest BCUT2D eigenvalue weighted by molar-refractivity contribution is -0.126. The first kappa shape index (κ1) is 18.8. The lowest BCUT2D eigenvalue weighted by atomic mass is 10.3. The first-order valence-corrected chi connectivity index (χ1v) is 8.70. The van der Waals surface area contributed by atoms with Crippen molar-refractivity contribution in [3.05, 3.63) is 53.3 Å². The van der Waals surface area contributed by atoms with Crippen LogP contribution < -0.4 is 10.6 Å². The summed E-state index contributed by atoms with van der Waals surface area (Å²) in [5, 5.41) is 13.2. The fourth-order valence-electron chi connectivity index (χ4n) is 2.53. The highest BCUT2D eigenvalue weighted by Gasteiger charge is 2.10. The van der Waals surface area contributed by atoms with E-state index in [4.69, 9.17) is 11.6 Å². The molecular weight excluding hydrogens is 373 g/mol. The van der Waals surface area contributed by atoms with Crippen molar-refractivity contribution in [1.29, 1.82) is 0 Å². The zero-order valence-corrected chi connectivity index (χ0v) is 15.0. The number of aromatic nitrogens is 3. The minimum Gasteiger partial charge on any atom is -0.356 e. The minimum absolute atomic E-state index is 0.0992. The van der Waals surface area contributed by atoms with E-state index in [-0.39, 0.29) is 11.4 Å². The van der Waals surface area contributed by atoms with E-state index < -0.39 is 17.6 Å². The average Bonchev–Trinajstić information content (AvgIpc) is 3.05. The van der Waals surface area contributed by atoms with Gasteiger partial charge in [-0.3, -0.25) is 9.59 Å². The van der Waals surface area contributed by atoms with Crippen LogP contribution in [0.25, 0.3) is 11.0 Å². The van der Waals surface area contributed by atoms with E-state index in [2.05, 4.69) is 20.9 Å². The van der Waals surface area contributed by atoms with Crippen LogP contribution in [-0.2, 0) is 16.1 Å². The molecule has 0 bridgehead atoms. The monoisotopic (exact) mass is 389 g/mol. The maximum absolute atomic E-state index is 13.1. The van der Waals surface area contributed by atoms with Crippen molar-refractivity contribution in [2.45, 2.75) is 19.4 Å². The Balaban J connectivity index is 1.40. The number of hydrogen-bond acceptors (Lipinski definition) is 4. The van der Waals surface area contributed by atoms with Gasteiger partial charge >= 0.3 is 0 Å². The number of amides is 2. The topological polar surface area (TPSA) is 88.9 Å². The van der Waals surface area contributed by atoms with Gasteiger partial charge in [-0.2, -0.15) is 0 Å². The number of carbonyl (C=O) groups is 2. The second-order valence-corrected chi connectivity index (χ2v) is 6.27. The third-order valence-corrected chi connectivity index (χ3v) is 4.10. The molecule has 1 heterocycles. The van der Waals surface area contributed by atoms with Gasteiger partial charge in [-0.05, 0) is 36.8 Å². The van der Waals surface area contributed by atoms with Gasteiger partial charge in [0.2, 0.25) is 11.8 Å². The Labute approximate surface area is 159 Å². The summed E-state index contributed by atoms with van der Waals surface area (Å²) in [6, 6.07) is 11.4. The Morgan fingerprint density at radius 1 is 1.15 bits per heavy atom. The molecule has 0 aliphatic rings. The fourth-order valence-corrected chi connectivity index (χ4v) is 2.71. The normalized spacial score (nSPS) is 10.7. The van der Waals surface area contributed by atoms with Crippen LogP contribution in [0.1, 0.15) is 12.8 Å². The highest BCUT2D eigenvalue weighted by Crippen LogP contribution is 2.19. The maximum Gasteiger partial charge on any atom is 0.233 e. The van der Waals surface area contributed by atoms with Gasteiger partial charge in [0.1, 0.15) is 17.8 Å². The Kier molecular flexibility index (Phi) is 5.97. The van der Waals surface area contributed by atoms with Gasteiger partial charge in [0.15, 0.2) is 0 Å². The second-order valence-electron chi connectivity index (χ2n) is 5.86. The van der Waals surface area contributed by atoms with Crippen LogP contribution in [-0.4, -0.2) is 33.4 Å². The summed E-state index contributed by atoms with van der Waals surface area (Å²) in [4.78, 5) is 23.7. The number of hydrogen-bond donors (Lipinski definition) is 2. The van der Waals surface area contributed by atoms with Gasteiger partial charge in [0.05, 0.1) is 10.5 Å². The Morgan fingerprint density at radius 2 is 1.96 bits per heavy atom. The molecule has 2 aromatic carbocycles. The van der Waals surface area contributed by atoms with Crippen LogP contribution in [0.2, 0.25) is 5.02 Å². The second kappa shape index (κ2) is 8.59. The molecule has 0 radical (unpaired) electrons. The van der Waals surface area contributed by atoms with E-state index >= 15 is 0 Å². The molecule has 140 valence electrons. The predicted molar refractivity (Wildman–Crippen MR) is 99.8 cm³/mol. The number of halogens is 2. The lowest BCUT2D eigenvalue weighted by Gasteiger charge is -2.07. The highest BCUT2D eigenvalue weighted by atomic mass is 35.5. The summed E-state index contributed by atoms with van der Waals surface area (Å²) in [5.74, 6) is -1.48. The zero-order valence-electron chi connectivity index (χ0n) is 14.3. The molecule has 1 aromatic heterocycles. The van der Waals surface area contributed by atoms with Gasteiger partial charge in [0.25, 0.3) is 0 Å². The van der Waals surface area contributed by atoms with Crippen molar-refractivity contribution in [2.75, 3.05) is 11.9 Å². The number of aryl methyl sites for hydroxylation is 1. The Hall–Kier alpha value is -3.00. The first-order valence-electron chi connectivity index (χ1n) is 8.33. The van der Waals surface area contributed by atoms with Crippen molar-refractivity contribution < 1.29 is 14.0 Å². The molecule has 0 fully saturated rings. The largest absolute Gasteiger partial charge is 0.356 e. The lowest BCUT2D eigenvalue weighted by Crippen LogP contribution is -2.29. The van der Waals surface area contributed by atoms with Crippen LogP contribution >= 0.6 is 11.6 Å². The van der Waals surface area contributed by atoms with Crippen LogP contribution in [0.5, 0.6) is 0 Å². The van der Waals surface area contributed by atoms with Crippen LogP contribution in [0.4, 0.5) is 10.1 Å². The molecule has 0 unspecified atom stereocenters. The summed E-state index contributed by atoms with van der Waals surface area (Å²) in [6.07, 6.45) is 0.315. The fraction of sp³-hybridized carbons (Fsp3) is 0.222. The van der Waals surface area contributed by atoms with Crippen molar-refractivity contribution in [3.8, 4) is 0 Å². The van der Waals surface area contributed by atoms with Crippen LogP contribution in [0.3, 0.4) is 0 Å². The van der Waals surface area contributed by atoms with E-state index in [0.29, 0.717) is 25.2 Å².